The van der Waals surface area contributed by atoms with Gasteiger partial charge >= 0.3 is 0 Å². The summed E-state index contributed by atoms with van der Waals surface area (Å²) in [6.07, 6.45) is 1.79. The largest absolute Gasteiger partial charge is 0.293 e. The summed E-state index contributed by atoms with van der Waals surface area (Å²) in [7, 11) is 0. The predicted octanol–water partition coefficient (Wildman–Crippen LogP) is 5.54. The second-order valence-corrected chi connectivity index (χ2v) is 6.13. The van der Waals surface area contributed by atoms with Crippen LogP contribution in [-0.2, 0) is 0 Å². The van der Waals surface area contributed by atoms with Crippen molar-refractivity contribution in [3.05, 3.63) is 83.6 Å². The summed E-state index contributed by atoms with van der Waals surface area (Å²) >= 11 is 6.08. The average Bonchev–Trinajstić information content (AvgIpc) is 2.96. The quantitative estimate of drug-likeness (QED) is 0.533. The third-order valence-corrected chi connectivity index (χ3v) is 4.32. The van der Waals surface area contributed by atoms with Crippen molar-refractivity contribution in [2.45, 2.75) is 6.92 Å². The SMILES string of the molecule is Cc1ccc(-c2ccccc2)n1Nc1ccnc2cc(Cl)ccc12. The van der Waals surface area contributed by atoms with E-state index >= 15 is 0 Å². The van der Waals surface area contributed by atoms with E-state index in [0.29, 0.717) is 5.02 Å². The van der Waals surface area contributed by atoms with Gasteiger partial charge in [-0.15, -0.1) is 0 Å². The first-order chi connectivity index (χ1) is 11.7. The van der Waals surface area contributed by atoms with E-state index in [4.69, 9.17) is 11.6 Å². The molecule has 0 spiro atoms. The summed E-state index contributed by atoms with van der Waals surface area (Å²) in [6, 6.07) is 22.3. The van der Waals surface area contributed by atoms with Crippen LogP contribution in [0.25, 0.3) is 22.2 Å². The lowest BCUT2D eigenvalue weighted by Gasteiger charge is -2.16. The van der Waals surface area contributed by atoms with Crippen LogP contribution in [0.15, 0.2) is 72.9 Å². The van der Waals surface area contributed by atoms with E-state index in [1.807, 2.05) is 42.5 Å². The van der Waals surface area contributed by atoms with Crippen LogP contribution in [0.4, 0.5) is 5.69 Å². The normalized spacial score (nSPS) is 10.9. The fraction of sp³-hybridized carbons (Fsp3) is 0.0500. The van der Waals surface area contributed by atoms with Gasteiger partial charge in [0.1, 0.15) is 0 Å². The second kappa shape index (κ2) is 6.02. The molecular weight excluding hydrogens is 318 g/mol. The maximum atomic E-state index is 6.08. The molecule has 0 saturated heterocycles. The Morgan fingerprint density at radius 2 is 1.79 bits per heavy atom. The average molecular weight is 334 g/mol. The number of pyridine rings is 1. The highest BCUT2D eigenvalue weighted by atomic mass is 35.5. The zero-order valence-electron chi connectivity index (χ0n) is 13.2. The van der Waals surface area contributed by atoms with Crippen molar-refractivity contribution < 1.29 is 0 Å². The van der Waals surface area contributed by atoms with E-state index < -0.39 is 0 Å². The minimum absolute atomic E-state index is 0.689. The Kier molecular flexibility index (Phi) is 3.71. The molecule has 0 saturated carbocycles. The maximum Gasteiger partial charge on any atom is 0.0738 e. The molecule has 24 heavy (non-hydrogen) atoms. The van der Waals surface area contributed by atoms with Crippen LogP contribution >= 0.6 is 11.6 Å². The molecule has 118 valence electrons. The van der Waals surface area contributed by atoms with Crippen LogP contribution in [0.1, 0.15) is 5.69 Å². The van der Waals surface area contributed by atoms with Gasteiger partial charge in [0, 0.05) is 27.9 Å². The van der Waals surface area contributed by atoms with Crippen LogP contribution in [-0.4, -0.2) is 9.66 Å². The number of hydrogen-bond acceptors (Lipinski definition) is 2. The van der Waals surface area contributed by atoms with Crippen molar-refractivity contribution in [2.24, 2.45) is 0 Å². The molecule has 2 heterocycles. The summed E-state index contributed by atoms with van der Waals surface area (Å²) in [5.41, 5.74) is 8.80. The zero-order valence-corrected chi connectivity index (χ0v) is 14.0. The molecule has 1 N–H and O–H groups in total. The molecule has 0 aliphatic carbocycles. The van der Waals surface area contributed by atoms with Crippen molar-refractivity contribution in [3.8, 4) is 11.3 Å². The molecule has 0 bridgehead atoms. The van der Waals surface area contributed by atoms with Crippen molar-refractivity contribution in [3.63, 3.8) is 0 Å². The maximum absolute atomic E-state index is 6.08. The molecule has 2 aromatic carbocycles. The molecule has 0 aliphatic rings. The van der Waals surface area contributed by atoms with Gasteiger partial charge < -0.3 is 0 Å². The molecule has 0 aliphatic heterocycles. The smallest absolute Gasteiger partial charge is 0.0738 e. The molecule has 0 atom stereocenters. The first-order valence-corrected chi connectivity index (χ1v) is 8.15. The lowest BCUT2D eigenvalue weighted by Crippen LogP contribution is -2.12. The van der Waals surface area contributed by atoms with Gasteiger partial charge in [-0.3, -0.25) is 15.1 Å². The number of hydrogen-bond donors (Lipinski definition) is 1. The Bertz CT molecular complexity index is 1010. The van der Waals surface area contributed by atoms with Gasteiger partial charge in [-0.1, -0.05) is 41.9 Å². The lowest BCUT2D eigenvalue weighted by molar-refractivity contribution is 0.932. The standard InChI is InChI=1S/C20H16ClN3/c1-14-7-10-20(15-5-3-2-4-6-15)24(14)23-18-11-12-22-19-13-16(21)8-9-17(18)19/h2-13H,1H3,(H,22,23). The highest BCUT2D eigenvalue weighted by molar-refractivity contribution is 6.31. The van der Waals surface area contributed by atoms with Gasteiger partial charge in [0.05, 0.1) is 16.9 Å². The summed E-state index contributed by atoms with van der Waals surface area (Å²) in [6.45, 7) is 2.08. The van der Waals surface area contributed by atoms with Crippen LogP contribution in [0.3, 0.4) is 0 Å². The van der Waals surface area contributed by atoms with Gasteiger partial charge in [-0.05, 0) is 43.3 Å². The third kappa shape index (κ3) is 2.63. The van der Waals surface area contributed by atoms with Crippen LogP contribution in [0.2, 0.25) is 5.02 Å². The minimum Gasteiger partial charge on any atom is -0.293 e. The Labute approximate surface area is 145 Å². The van der Waals surface area contributed by atoms with Crippen molar-refractivity contribution in [2.75, 3.05) is 5.43 Å². The van der Waals surface area contributed by atoms with E-state index in [1.54, 1.807) is 6.20 Å². The molecule has 0 fully saturated rings. The number of aromatic nitrogens is 2. The number of aryl methyl sites for hydroxylation is 1. The highest BCUT2D eigenvalue weighted by Crippen LogP contribution is 2.27. The molecule has 4 rings (SSSR count). The van der Waals surface area contributed by atoms with Crippen LogP contribution in [0.5, 0.6) is 0 Å². The molecular formula is C20H16ClN3. The predicted molar refractivity (Wildman–Crippen MR) is 100 cm³/mol. The topological polar surface area (TPSA) is 29.9 Å². The number of rotatable bonds is 3. The fourth-order valence-corrected chi connectivity index (χ4v) is 3.03. The number of nitrogens with one attached hydrogen (secondary N) is 1. The first kappa shape index (κ1) is 14.8. The van der Waals surface area contributed by atoms with Crippen molar-refractivity contribution in [1.29, 1.82) is 0 Å². The Morgan fingerprint density at radius 1 is 0.958 bits per heavy atom. The molecule has 0 unspecified atom stereocenters. The van der Waals surface area contributed by atoms with E-state index in [2.05, 4.69) is 46.3 Å². The summed E-state index contributed by atoms with van der Waals surface area (Å²) in [4.78, 5) is 4.40. The molecule has 3 nitrogen and oxygen atoms in total. The number of halogens is 1. The van der Waals surface area contributed by atoms with E-state index in [0.717, 1.165) is 28.0 Å². The molecule has 2 aromatic heterocycles. The van der Waals surface area contributed by atoms with Gasteiger partial charge in [-0.25, -0.2) is 0 Å². The highest BCUT2D eigenvalue weighted by Gasteiger charge is 2.09. The molecule has 0 amide bonds. The zero-order chi connectivity index (χ0) is 16.5. The van der Waals surface area contributed by atoms with Crippen molar-refractivity contribution in [1.82, 2.24) is 9.66 Å². The minimum atomic E-state index is 0.689. The van der Waals surface area contributed by atoms with E-state index in [9.17, 15) is 0 Å². The number of anilines is 1. The fourth-order valence-electron chi connectivity index (χ4n) is 2.86. The van der Waals surface area contributed by atoms with Crippen molar-refractivity contribution >= 4 is 28.2 Å². The number of benzene rings is 2. The Morgan fingerprint density at radius 3 is 2.62 bits per heavy atom. The summed E-state index contributed by atoms with van der Waals surface area (Å²) in [5, 5.41) is 1.73. The number of nitrogens with zero attached hydrogens (tertiary/aromatic N) is 2. The Balaban J connectivity index is 1.81. The molecule has 4 aromatic rings. The van der Waals surface area contributed by atoms with Gasteiger partial charge in [-0.2, -0.15) is 0 Å². The first-order valence-electron chi connectivity index (χ1n) is 7.77. The van der Waals surface area contributed by atoms with Gasteiger partial charge in [0.15, 0.2) is 0 Å². The monoisotopic (exact) mass is 333 g/mol. The second-order valence-electron chi connectivity index (χ2n) is 5.69. The Hall–Kier alpha value is -2.78. The molecule has 4 heteroatoms. The van der Waals surface area contributed by atoms with Gasteiger partial charge in [0.25, 0.3) is 0 Å². The van der Waals surface area contributed by atoms with Gasteiger partial charge in [0.2, 0.25) is 0 Å². The molecule has 0 radical (unpaired) electrons. The third-order valence-electron chi connectivity index (χ3n) is 4.08. The van der Waals surface area contributed by atoms with E-state index in [-0.39, 0.29) is 0 Å². The van der Waals surface area contributed by atoms with Crippen LogP contribution < -0.4 is 5.43 Å². The summed E-state index contributed by atoms with van der Waals surface area (Å²) < 4.78 is 2.10. The lowest BCUT2D eigenvalue weighted by atomic mass is 10.1. The van der Waals surface area contributed by atoms with E-state index in [1.165, 1.54) is 5.56 Å². The number of fused-ring (bicyclic) bond motifs is 1. The van der Waals surface area contributed by atoms with Crippen LogP contribution in [0, 0.1) is 6.92 Å². The summed E-state index contributed by atoms with van der Waals surface area (Å²) in [5.74, 6) is 0.